The minimum absolute atomic E-state index is 0.829. The number of benzene rings is 2. The van der Waals surface area contributed by atoms with E-state index in [0.29, 0.717) is 0 Å². The first kappa shape index (κ1) is 15.2. The standard InChI is InChI=1S/C7H9N.C7H8.C2H6/c1-6-2-4-7(8)5-3-6;1-7-5-3-2-4-6-7;1-2/h2-5H,8H2,1H3;2-6H,1H3;1-2H3. The van der Waals surface area contributed by atoms with E-state index in [1.807, 2.05) is 63.2 Å². The fourth-order valence-electron chi connectivity index (χ4n) is 1.10. The van der Waals surface area contributed by atoms with Crippen LogP contribution >= 0.6 is 0 Å². The summed E-state index contributed by atoms with van der Waals surface area (Å²) < 4.78 is 0. The predicted molar refractivity (Wildman–Crippen MR) is 78.1 cm³/mol. The van der Waals surface area contributed by atoms with Gasteiger partial charge in [0.05, 0.1) is 0 Å². The molecule has 17 heavy (non-hydrogen) atoms. The highest BCUT2D eigenvalue weighted by Gasteiger charge is 1.80. The van der Waals surface area contributed by atoms with Gasteiger partial charge in [-0.3, -0.25) is 0 Å². The molecule has 0 unspecified atom stereocenters. The maximum absolute atomic E-state index is 5.43. The lowest BCUT2D eigenvalue weighted by Gasteiger charge is -1.90. The molecule has 0 aliphatic heterocycles. The molecule has 0 amide bonds. The third-order valence-corrected chi connectivity index (χ3v) is 2.02. The summed E-state index contributed by atoms with van der Waals surface area (Å²) in [5.74, 6) is 0. The van der Waals surface area contributed by atoms with E-state index in [0.717, 1.165) is 5.69 Å². The molecule has 0 bridgehead atoms. The molecule has 2 rings (SSSR count). The third kappa shape index (κ3) is 8.09. The average molecular weight is 229 g/mol. The molecule has 0 spiro atoms. The average Bonchev–Trinajstić information content (AvgIpc) is 2.37. The summed E-state index contributed by atoms with van der Waals surface area (Å²) >= 11 is 0. The summed E-state index contributed by atoms with van der Waals surface area (Å²) in [6, 6.07) is 18.0. The molecule has 0 saturated heterocycles. The van der Waals surface area contributed by atoms with Crippen LogP contribution in [0, 0.1) is 13.8 Å². The summed E-state index contributed by atoms with van der Waals surface area (Å²) in [5, 5.41) is 0. The molecular weight excluding hydrogens is 206 g/mol. The van der Waals surface area contributed by atoms with Crippen LogP contribution in [0.5, 0.6) is 0 Å². The second kappa shape index (κ2) is 9.46. The maximum Gasteiger partial charge on any atom is 0.0314 e. The quantitative estimate of drug-likeness (QED) is 0.656. The Balaban J connectivity index is 0.000000265. The molecule has 0 heterocycles. The van der Waals surface area contributed by atoms with Gasteiger partial charge in [0.25, 0.3) is 0 Å². The van der Waals surface area contributed by atoms with Gasteiger partial charge in [0.1, 0.15) is 0 Å². The van der Waals surface area contributed by atoms with Crippen LogP contribution in [-0.2, 0) is 0 Å². The molecule has 1 heteroatoms. The molecule has 0 saturated carbocycles. The lowest BCUT2D eigenvalue weighted by Crippen LogP contribution is -1.81. The van der Waals surface area contributed by atoms with E-state index >= 15 is 0 Å². The van der Waals surface area contributed by atoms with Crippen molar-refractivity contribution < 1.29 is 0 Å². The van der Waals surface area contributed by atoms with Crippen molar-refractivity contribution in [1.82, 2.24) is 0 Å². The molecule has 0 fully saturated rings. The zero-order valence-electron chi connectivity index (χ0n) is 11.3. The molecule has 2 aromatic carbocycles. The first-order chi connectivity index (χ1) is 8.18. The van der Waals surface area contributed by atoms with Gasteiger partial charge in [-0.1, -0.05) is 67.4 Å². The van der Waals surface area contributed by atoms with Crippen molar-refractivity contribution in [3.63, 3.8) is 0 Å². The van der Waals surface area contributed by atoms with Gasteiger partial charge in [-0.15, -0.1) is 0 Å². The Kier molecular flexibility index (Phi) is 8.48. The zero-order chi connectivity index (χ0) is 13.1. The summed E-state index contributed by atoms with van der Waals surface area (Å²) in [4.78, 5) is 0. The van der Waals surface area contributed by atoms with Crippen molar-refractivity contribution in [3.8, 4) is 0 Å². The van der Waals surface area contributed by atoms with Crippen LogP contribution < -0.4 is 5.73 Å². The normalized spacial score (nSPS) is 8.24. The second-order valence-corrected chi connectivity index (χ2v) is 3.57. The molecular formula is C16H23N. The van der Waals surface area contributed by atoms with Crippen LogP contribution in [0.1, 0.15) is 25.0 Å². The predicted octanol–water partition coefficient (Wildman–Crippen LogP) is 4.60. The number of rotatable bonds is 0. The lowest BCUT2D eigenvalue weighted by atomic mass is 10.2. The fourth-order valence-corrected chi connectivity index (χ4v) is 1.10. The monoisotopic (exact) mass is 229 g/mol. The Labute approximate surface area is 105 Å². The van der Waals surface area contributed by atoms with E-state index in [1.165, 1.54) is 11.1 Å². The first-order valence-corrected chi connectivity index (χ1v) is 6.02. The van der Waals surface area contributed by atoms with Gasteiger partial charge in [-0.05, 0) is 26.0 Å². The van der Waals surface area contributed by atoms with Gasteiger partial charge in [-0.2, -0.15) is 0 Å². The van der Waals surface area contributed by atoms with Crippen molar-refractivity contribution in [2.45, 2.75) is 27.7 Å². The van der Waals surface area contributed by atoms with Crippen molar-refractivity contribution in [2.24, 2.45) is 0 Å². The number of hydrogen-bond acceptors (Lipinski definition) is 1. The zero-order valence-corrected chi connectivity index (χ0v) is 11.3. The van der Waals surface area contributed by atoms with Crippen LogP contribution in [0.25, 0.3) is 0 Å². The Morgan fingerprint density at radius 3 is 1.35 bits per heavy atom. The van der Waals surface area contributed by atoms with Crippen LogP contribution in [0.4, 0.5) is 5.69 Å². The summed E-state index contributed by atoms with van der Waals surface area (Å²) in [6.45, 7) is 8.12. The van der Waals surface area contributed by atoms with Gasteiger partial charge < -0.3 is 5.73 Å². The Morgan fingerprint density at radius 2 is 1.06 bits per heavy atom. The van der Waals surface area contributed by atoms with E-state index in [9.17, 15) is 0 Å². The molecule has 92 valence electrons. The molecule has 0 aliphatic rings. The molecule has 0 radical (unpaired) electrons. The minimum atomic E-state index is 0.829. The van der Waals surface area contributed by atoms with Crippen LogP contribution in [0.15, 0.2) is 54.6 Å². The van der Waals surface area contributed by atoms with Gasteiger partial charge in [0, 0.05) is 5.69 Å². The SMILES string of the molecule is CC.Cc1ccc(N)cc1.Cc1ccccc1. The van der Waals surface area contributed by atoms with Crippen molar-refractivity contribution in [1.29, 1.82) is 0 Å². The highest BCUT2D eigenvalue weighted by molar-refractivity contribution is 5.38. The highest BCUT2D eigenvalue weighted by Crippen LogP contribution is 2.02. The maximum atomic E-state index is 5.43. The molecule has 2 aromatic rings. The fraction of sp³-hybridized carbons (Fsp3) is 0.250. The molecule has 0 aromatic heterocycles. The highest BCUT2D eigenvalue weighted by atomic mass is 14.5. The number of nitrogens with two attached hydrogens (primary N) is 1. The van der Waals surface area contributed by atoms with E-state index in [4.69, 9.17) is 5.73 Å². The Hall–Kier alpha value is -1.76. The van der Waals surface area contributed by atoms with Crippen molar-refractivity contribution in [3.05, 3.63) is 65.7 Å². The van der Waals surface area contributed by atoms with E-state index in [2.05, 4.69) is 19.1 Å². The Bertz CT molecular complexity index is 355. The molecule has 2 N–H and O–H groups in total. The Morgan fingerprint density at radius 1 is 0.647 bits per heavy atom. The van der Waals surface area contributed by atoms with E-state index in [-0.39, 0.29) is 0 Å². The summed E-state index contributed by atoms with van der Waals surface area (Å²) in [5.41, 5.74) is 8.83. The molecule has 0 atom stereocenters. The van der Waals surface area contributed by atoms with Crippen LogP contribution in [0.3, 0.4) is 0 Å². The van der Waals surface area contributed by atoms with E-state index in [1.54, 1.807) is 0 Å². The summed E-state index contributed by atoms with van der Waals surface area (Å²) in [6.07, 6.45) is 0. The van der Waals surface area contributed by atoms with Crippen molar-refractivity contribution in [2.75, 3.05) is 5.73 Å². The van der Waals surface area contributed by atoms with E-state index < -0.39 is 0 Å². The van der Waals surface area contributed by atoms with Gasteiger partial charge in [0.15, 0.2) is 0 Å². The third-order valence-electron chi connectivity index (χ3n) is 2.02. The topological polar surface area (TPSA) is 26.0 Å². The first-order valence-electron chi connectivity index (χ1n) is 6.02. The number of aryl methyl sites for hydroxylation is 2. The van der Waals surface area contributed by atoms with Gasteiger partial charge >= 0.3 is 0 Å². The van der Waals surface area contributed by atoms with Gasteiger partial charge in [-0.25, -0.2) is 0 Å². The number of nitrogen functional groups attached to an aromatic ring is 1. The van der Waals surface area contributed by atoms with Crippen LogP contribution in [-0.4, -0.2) is 0 Å². The summed E-state index contributed by atoms with van der Waals surface area (Å²) in [7, 11) is 0. The largest absolute Gasteiger partial charge is 0.399 e. The van der Waals surface area contributed by atoms with Gasteiger partial charge in [0.2, 0.25) is 0 Å². The second-order valence-electron chi connectivity index (χ2n) is 3.57. The number of anilines is 1. The lowest BCUT2D eigenvalue weighted by molar-refractivity contribution is 1.47. The molecule has 1 nitrogen and oxygen atoms in total. The minimum Gasteiger partial charge on any atom is -0.399 e. The van der Waals surface area contributed by atoms with Crippen LogP contribution in [0.2, 0.25) is 0 Å². The molecule has 0 aliphatic carbocycles. The smallest absolute Gasteiger partial charge is 0.0314 e. The van der Waals surface area contributed by atoms with Crippen molar-refractivity contribution >= 4 is 5.69 Å². The number of hydrogen-bond donors (Lipinski definition) is 1.